The lowest BCUT2D eigenvalue weighted by Gasteiger charge is -2.15. The molecule has 1 heterocycles. The van der Waals surface area contributed by atoms with Crippen molar-refractivity contribution in [2.75, 3.05) is 6.61 Å². The van der Waals surface area contributed by atoms with Crippen LogP contribution in [0.4, 0.5) is 4.39 Å². The molecule has 0 radical (unpaired) electrons. The molecule has 19 heavy (non-hydrogen) atoms. The van der Waals surface area contributed by atoms with Crippen molar-refractivity contribution in [1.82, 2.24) is 0 Å². The van der Waals surface area contributed by atoms with Crippen molar-refractivity contribution >= 4 is 17.6 Å². The molecule has 1 aromatic carbocycles. The Labute approximate surface area is 116 Å². The molecule has 1 aliphatic heterocycles. The lowest BCUT2D eigenvalue weighted by molar-refractivity contribution is -0.149. The Balaban J connectivity index is 2.34. The standard InChI is InChI=1S/C14H16ClFO3/c1-4-14(12(17)18-5-2)13(3,19-14)9-6-7-11(16)10(15)8-9/h6-8H,4-5H2,1-3H3. The van der Waals surface area contributed by atoms with Gasteiger partial charge in [0, 0.05) is 0 Å². The first-order valence-corrected chi connectivity index (χ1v) is 6.62. The molecule has 2 atom stereocenters. The molecular formula is C14H16ClFO3. The van der Waals surface area contributed by atoms with Gasteiger partial charge in [0.05, 0.1) is 11.6 Å². The van der Waals surface area contributed by atoms with Crippen molar-refractivity contribution in [3.63, 3.8) is 0 Å². The van der Waals surface area contributed by atoms with Gasteiger partial charge < -0.3 is 9.47 Å². The largest absolute Gasteiger partial charge is 0.464 e. The fourth-order valence-electron chi connectivity index (χ4n) is 2.45. The minimum atomic E-state index is -0.996. The molecule has 0 aromatic heterocycles. The summed E-state index contributed by atoms with van der Waals surface area (Å²) in [5, 5.41) is 0.0167. The fraction of sp³-hybridized carbons (Fsp3) is 0.500. The quantitative estimate of drug-likeness (QED) is 0.629. The van der Waals surface area contributed by atoms with Crippen LogP contribution in [0, 0.1) is 5.82 Å². The Morgan fingerprint density at radius 2 is 2.16 bits per heavy atom. The number of carbonyl (C=O) groups excluding carboxylic acids is 1. The second-order valence-corrected chi connectivity index (χ2v) is 5.07. The topological polar surface area (TPSA) is 38.8 Å². The number of carbonyl (C=O) groups is 1. The van der Waals surface area contributed by atoms with E-state index in [0.29, 0.717) is 18.6 Å². The van der Waals surface area contributed by atoms with Gasteiger partial charge in [-0.05, 0) is 38.0 Å². The predicted octanol–water partition coefficient (Wildman–Crippen LogP) is 3.44. The van der Waals surface area contributed by atoms with Crippen molar-refractivity contribution < 1.29 is 18.7 Å². The average molecular weight is 287 g/mol. The summed E-state index contributed by atoms with van der Waals surface area (Å²) >= 11 is 5.78. The normalized spacial score (nSPS) is 29.1. The Bertz CT molecular complexity index is 519. The van der Waals surface area contributed by atoms with E-state index in [0.717, 1.165) is 0 Å². The molecule has 0 amide bonds. The van der Waals surface area contributed by atoms with Crippen molar-refractivity contribution in [2.24, 2.45) is 0 Å². The van der Waals surface area contributed by atoms with Gasteiger partial charge in [0.2, 0.25) is 0 Å². The lowest BCUT2D eigenvalue weighted by atomic mass is 9.86. The average Bonchev–Trinajstić information content (AvgIpc) is 3.01. The molecule has 3 nitrogen and oxygen atoms in total. The van der Waals surface area contributed by atoms with Gasteiger partial charge in [0.15, 0.2) is 5.60 Å². The summed E-state index contributed by atoms with van der Waals surface area (Å²) in [4.78, 5) is 12.0. The van der Waals surface area contributed by atoms with Gasteiger partial charge in [0.1, 0.15) is 11.4 Å². The zero-order valence-electron chi connectivity index (χ0n) is 11.1. The lowest BCUT2D eigenvalue weighted by Crippen LogP contribution is -2.32. The summed E-state index contributed by atoms with van der Waals surface area (Å²) in [7, 11) is 0. The van der Waals surface area contributed by atoms with E-state index in [-0.39, 0.29) is 11.0 Å². The molecule has 1 saturated heterocycles. The van der Waals surface area contributed by atoms with Crippen LogP contribution >= 0.6 is 11.6 Å². The highest BCUT2D eigenvalue weighted by Crippen LogP contribution is 2.58. The number of benzene rings is 1. The van der Waals surface area contributed by atoms with Gasteiger partial charge in [-0.2, -0.15) is 0 Å². The molecule has 0 spiro atoms. The van der Waals surface area contributed by atoms with Crippen molar-refractivity contribution in [3.05, 3.63) is 34.6 Å². The van der Waals surface area contributed by atoms with Gasteiger partial charge in [0.25, 0.3) is 0 Å². The van der Waals surface area contributed by atoms with Crippen molar-refractivity contribution in [1.29, 1.82) is 0 Å². The van der Waals surface area contributed by atoms with Gasteiger partial charge >= 0.3 is 5.97 Å². The second kappa shape index (κ2) is 4.76. The van der Waals surface area contributed by atoms with E-state index in [9.17, 15) is 9.18 Å². The highest BCUT2D eigenvalue weighted by molar-refractivity contribution is 6.30. The molecule has 104 valence electrons. The molecular weight excluding hydrogens is 271 g/mol. The van der Waals surface area contributed by atoms with Gasteiger partial charge in [-0.3, -0.25) is 0 Å². The van der Waals surface area contributed by atoms with E-state index >= 15 is 0 Å². The van der Waals surface area contributed by atoms with E-state index in [1.54, 1.807) is 19.9 Å². The maximum Gasteiger partial charge on any atom is 0.341 e. The third kappa shape index (κ3) is 2.03. The zero-order chi connectivity index (χ0) is 14.3. The molecule has 0 N–H and O–H groups in total. The monoisotopic (exact) mass is 286 g/mol. The first kappa shape index (κ1) is 14.3. The van der Waals surface area contributed by atoms with Crippen LogP contribution in [0.1, 0.15) is 32.8 Å². The van der Waals surface area contributed by atoms with Crippen molar-refractivity contribution in [3.8, 4) is 0 Å². The number of hydrogen-bond donors (Lipinski definition) is 0. The summed E-state index contributed by atoms with van der Waals surface area (Å²) in [6, 6.07) is 4.35. The summed E-state index contributed by atoms with van der Waals surface area (Å²) in [5.74, 6) is -0.881. The third-order valence-corrected chi connectivity index (χ3v) is 3.97. The number of halogens is 2. The number of esters is 1. The fourth-order valence-corrected chi connectivity index (χ4v) is 2.63. The first-order chi connectivity index (χ1) is 8.91. The summed E-state index contributed by atoms with van der Waals surface area (Å²) < 4.78 is 23.9. The van der Waals surface area contributed by atoms with Crippen LogP contribution in [0.5, 0.6) is 0 Å². The Kier molecular flexibility index (Phi) is 3.58. The molecule has 1 aliphatic rings. The summed E-state index contributed by atoms with van der Waals surface area (Å²) in [6.45, 7) is 5.68. The maximum atomic E-state index is 13.2. The predicted molar refractivity (Wildman–Crippen MR) is 69.5 cm³/mol. The maximum absolute atomic E-state index is 13.2. The van der Waals surface area contributed by atoms with E-state index in [1.807, 2.05) is 6.92 Å². The van der Waals surface area contributed by atoms with Crippen LogP contribution in [-0.4, -0.2) is 18.2 Å². The Morgan fingerprint density at radius 1 is 1.47 bits per heavy atom. The van der Waals surface area contributed by atoms with E-state index in [4.69, 9.17) is 21.1 Å². The molecule has 2 rings (SSSR count). The molecule has 0 saturated carbocycles. The minimum absolute atomic E-state index is 0.0167. The molecule has 2 unspecified atom stereocenters. The van der Waals surface area contributed by atoms with E-state index < -0.39 is 17.0 Å². The smallest absolute Gasteiger partial charge is 0.341 e. The third-order valence-electron chi connectivity index (χ3n) is 3.68. The van der Waals surface area contributed by atoms with Crippen LogP contribution < -0.4 is 0 Å². The van der Waals surface area contributed by atoms with E-state index in [2.05, 4.69) is 0 Å². The van der Waals surface area contributed by atoms with Gasteiger partial charge in [-0.25, -0.2) is 9.18 Å². The van der Waals surface area contributed by atoms with Crippen LogP contribution in [0.3, 0.4) is 0 Å². The Hall–Kier alpha value is -1.13. The van der Waals surface area contributed by atoms with Gasteiger partial charge in [-0.1, -0.05) is 24.6 Å². The summed E-state index contributed by atoms with van der Waals surface area (Å²) in [5.41, 5.74) is -1.14. The van der Waals surface area contributed by atoms with E-state index in [1.165, 1.54) is 12.1 Å². The van der Waals surface area contributed by atoms with Crippen LogP contribution in [0.15, 0.2) is 18.2 Å². The van der Waals surface area contributed by atoms with Crippen LogP contribution in [0.25, 0.3) is 0 Å². The molecule has 0 aliphatic carbocycles. The highest BCUT2D eigenvalue weighted by Gasteiger charge is 2.72. The zero-order valence-corrected chi connectivity index (χ0v) is 11.9. The number of hydrogen-bond acceptors (Lipinski definition) is 3. The molecule has 1 aromatic rings. The van der Waals surface area contributed by atoms with Gasteiger partial charge in [-0.15, -0.1) is 0 Å². The van der Waals surface area contributed by atoms with Crippen LogP contribution in [-0.2, 0) is 19.9 Å². The highest BCUT2D eigenvalue weighted by atomic mass is 35.5. The SMILES string of the molecule is CCOC(=O)C1(CC)OC1(C)c1ccc(F)c(Cl)c1. The van der Waals surface area contributed by atoms with Crippen LogP contribution in [0.2, 0.25) is 5.02 Å². The molecule has 0 bridgehead atoms. The number of rotatable bonds is 4. The molecule has 5 heteroatoms. The summed E-state index contributed by atoms with van der Waals surface area (Å²) in [6.07, 6.45) is 0.483. The molecule has 1 fully saturated rings. The number of ether oxygens (including phenoxy) is 2. The minimum Gasteiger partial charge on any atom is -0.464 e. The Morgan fingerprint density at radius 3 is 2.68 bits per heavy atom. The number of epoxide rings is 1. The second-order valence-electron chi connectivity index (χ2n) is 4.67. The first-order valence-electron chi connectivity index (χ1n) is 6.24. The van der Waals surface area contributed by atoms with Crippen molar-refractivity contribution in [2.45, 2.75) is 38.4 Å².